The van der Waals surface area contributed by atoms with E-state index in [1.807, 2.05) is 52.1 Å². The first-order valence-electron chi connectivity index (χ1n) is 11.7. The summed E-state index contributed by atoms with van der Waals surface area (Å²) in [4.78, 5) is 18.5. The third-order valence-corrected chi connectivity index (χ3v) is 6.40. The summed E-state index contributed by atoms with van der Waals surface area (Å²) < 4.78 is 9.44. The Morgan fingerprint density at radius 1 is 1.12 bits per heavy atom. The molecule has 0 unspecified atom stereocenters. The van der Waals surface area contributed by atoms with Crippen LogP contribution >= 0.6 is 0 Å². The lowest BCUT2D eigenvalue weighted by Crippen LogP contribution is -2.21. The molecule has 4 rings (SSSR count). The number of benzene rings is 2. The van der Waals surface area contributed by atoms with Crippen LogP contribution in [0, 0.1) is 20.8 Å². The monoisotopic (exact) mass is 456 g/mol. The lowest BCUT2D eigenvalue weighted by molar-refractivity contribution is 0.335. The molecule has 0 radical (unpaired) electrons. The van der Waals surface area contributed by atoms with E-state index in [-0.39, 0.29) is 11.5 Å². The molecule has 6 heteroatoms. The van der Waals surface area contributed by atoms with Crippen molar-refractivity contribution in [3.8, 4) is 17.1 Å². The van der Waals surface area contributed by atoms with Crippen LogP contribution in [0.2, 0.25) is 0 Å². The first-order chi connectivity index (χ1) is 16.2. The number of nitrogens with zero attached hydrogens (tertiary/aromatic N) is 4. The average molecular weight is 457 g/mol. The fraction of sp³-hybridized carbons (Fsp3) is 0.321. The quantitative estimate of drug-likeness (QED) is 0.348. The first-order valence-corrected chi connectivity index (χ1v) is 11.7. The topological polar surface area (TPSA) is 61.4 Å². The molecule has 0 aliphatic rings. The number of hydrogen-bond donors (Lipinski definition) is 0. The zero-order valence-corrected chi connectivity index (χ0v) is 21.0. The van der Waals surface area contributed by atoms with Crippen molar-refractivity contribution in [2.45, 2.75) is 47.5 Å². The van der Waals surface area contributed by atoms with Gasteiger partial charge < -0.3 is 9.30 Å². The lowest BCUT2D eigenvalue weighted by Gasteiger charge is -2.18. The number of hydrogen-bond acceptors (Lipinski definition) is 4. The summed E-state index contributed by atoms with van der Waals surface area (Å²) in [6, 6.07) is 13.6. The van der Waals surface area contributed by atoms with Gasteiger partial charge >= 0.3 is 0 Å². The summed E-state index contributed by atoms with van der Waals surface area (Å²) in [5.41, 5.74) is 6.57. The average Bonchev–Trinajstić information content (AvgIpc) is 3.05. The van der Waals surface area contributed by atoms with Crippen LogP contribution in [-0.2, 0) is 7.05 Å². The van der Waals surface area contributed by atoms with E-state index in [0.29, 0.717) is 23.3 Å². The second-order valence-corrected chi connectivity index (χ2v) is 8.99. The van der Waals surface area contributed by atoms with Gasteiger partial charge in [0.1, 0.15) is 5.75 Å². The second kappa shape index (κ2) is 9.29. The highest BCUT2D eigenvalue weighted by atomic mass is 16.5. The first kappa shape index (κ1) is 23.5. The third-order valence-electron chi connectivity index (χ3n) is 6.40. The Morgan fingerprint density at radius 2 is 1.85 bits per heavy atom. The Kier molecular flexibility index (Phi) is 6.42. The summed E-state index contributed by atoms with van der Waals surface area (Å²) in [7, 11) is 2.02. The summed E-state index contributed by atoms with van der Waals surface area (Å²) in [6.07, 6.45) is 1.75. The number of ether oxygens (including phenoxy) is 1. The molecular weight excluding hydrogens is 424 g/mol. The molecule has 2 aromatic carbocycles. The molecule has 2 aromatic heterocycles. The van der Waals surface area contributed by atoms with Crippen LogP contribution in [0.5, 0.6) is 5.75 Å². The Bertz CT molecular complexity index is 1460. The van der Waals surface area contributed by atoms with Crippen molar-refractivity contribution in [2.24, 2.45) is 12.1 Å². The molecule has 0 bridgehead atoms. The van der Waals surface area contributed by atoms with Crippen LogP contribution in [0.1, 0.15) is 54.8 Å². The largest absolute Gasteiger partial charge is 0.494 e. The number of aromatic nitrogens is 3. The molecular formula is C28H32N4O2. The molecule has 0 amide bonds. The van der Waals surface area contributed by atoms with Gasteiger partial charge in [0.2, 0.25) is 0 Å². The second-order valence-electron chi connectivity index (χ2n) is 8.99. The van der Waals surface area contributed by atoms with Crippen molar-refractivity contribution in [1.82, 2.24) is 14.2 Å². The predicted octanol–water partition coefficient (Wildman–Crippen LogP) is 5.73. The number of rotatable bonds is 6. The smallest absolute Gasteiger partial charge is 0.282 e. The van der Waals surface area contributed by atoms with Crippen molar-refractivity contribution in [3.63, 3.8) is 0 Å². The van der Waals surface area contributed by atoms with Gasteiger partial charge in [0.25, 0.3) is 5.56 Å². The minimum Gasteiger partial charge on any atom is -0.494 e. The molecule has 34 heavy (non-hydrogen) atoms. The fourth-order valence-electron chi connectivity index (χ4n) is 4.21. The van der Waals surface area contributed by atoms with E-state index >= 15 is 0 Å². The molecule has 4 aromatic rings. The molecule has 0 aliphatic heterocycles. The summed E-state index contributed by atoms with van der Waals surface area (Å²) >= 11 is 0. The summed E-state index contributed by atoms with van der Waals surface area (Å²) in [6.45, 7) is 13.0. The van der Waals surface area contributed by atoms with Crippen LogP contribution in [0.25, 0.3) is 22.3 Å². The van der Waals surface area contributed by atoms with Crippen LogP contribution in [0.15, 0.2) is 52.4 Å². The van der Waals surface area contributed by atoms with Crippen molar-refractivity contribution in [2.75, 3.05) is 6.61 Å². The number of para-hydroxylation sites is 1. The van der Waals surface area contributed by atoms with Gasteiger partial charge in [-0.15, -0.1) is 0 Å². The Hall–Kier alpha value is -3.67. The molecule has 6 nitrogen and oxygen atoms in total. The Morgan fingerprint density at radius 3 is 2.50 bits per heavy atom. The molecule has 0 saturated heterocycles. The zero-order valence-electron chi connectivity index (χ0n) is 21.0. The highest BCUT2D eigenvalue weighted by Gasteiger charge is 2.18. The molecule has 0 spiro atoms. The van der Waals surface area contributed by atoms with Crippen molar-refractivity contribution in [3.05, 3.63) is 80.9 Å². The van der Waals surface area contributed by atoms with Gasteiger partial charge in [-0.1, -0.05) is 26.0 Å². The van der Waals surface area contributed by atoms with E-state index < -0.39 is 0 Å². The zero-order chi connectivity index (χ0) is 24.6. The van der Waals surface area contributed by atoms with E-state index in [2.05, 4.69) is 42.6 Å². The fourth-order valence-corrected chi connectivity index (χ4v) is 4.21. The Labute approximate surface area is 200 Å². The minimum atomic E-state index is -0.193. The van der Waals surface area contributed by atoms with Gasteiger partial charge in [-0.25, -0.2) is 4.98 Å². The van der Waals surface area contributed by atoms with E-state index in [1.165, 1.54) is 4.68 Å². The highest BCUT2D eigenvalue weighted by Crippen LogP contribution is 2.34. The van der Waals surface area contributed by atoms with Gasteiger partial charge in [0, 0.05) is 29.6 Å². The van der Waals surface area contributed by atoms with Crippen molar-refractivity contribution >= 4 is 17.1 Å². The van der Waals surface area contributed by atoms with E-state index in [1.54, 1.807) is 12.3 Å². The molecule has 0 atom stereocenters. The molecule has 0 saturated carbocycles. The van der Waals surface area contributed by atoms with Gasteiger partial charge in [-0.05, 0) is 75.1 Å². The van der Waals surface area contributed by atoms with Gasteiger partial charge in [-0.2, -0.15) is 9.78 Å². The maximum atomic E-state index is 13.6. The maximum Gasteiger partial charge on any atom is 0.282 e. The van der Waals surface area contributed by atoms with Crippen LogP contribution < -0.4 is 10.3 Å². The van der Waals surface area contributed by atoms with E-state index in [9.17, 15) is 4.79 Å². The van der Waals surface area contributed by atoms with E-state index in [0.717, 1.165) is 39.4 Å². The van der Waals surface area contributed by atoms with Crippen molar-refractivity contribution in [1.29, 1.82) is 0 Å². The van der Waals surface area contributed by atoms with Gasteiger partial charge in [0.05, 0.1) is 23.7 Å². The molecule has 0 fully saturated rings. The standard InChI is InChI=1S/C28H32N4O2/c1-8-34-26-13-18(4)24(15-23(26)17(2)3)27-30-25-12-10-9-11-22(25)28(33)32(27)29-16-21-14-19(5)31(7)20(21)6/h9-17H,8H2,1-7H3. The van der Waals surface area contributed by atoms with Crippen molar-refractivity contribution < 1.29 is 4.74 Å². The van der Waals surface area contributed by atoms with Gasteiger partial charge in [-0.3, -0.25) is 4.79 Å². The molecule has 0 N–H and O–H groups in total. The summed E-state index contributed by atoms with van der Waals surface area (Å²) in [5.74, 6) is 1.64. The minimum absolute atomic E-state index is 0.193. The van der Waals surface area contributed by atoms with Crippen LogP contribution in [-0.4, -0.2) is 27.0 Å². The van der Waals surface area contributed by atoms with Crippen LogP contribution in [0.4, 0.5) is 0 Å². The maximum absolute atomic E-state index is 13.6. The number of aryl methyl sites for hydroxylation is 2. The van der Waals surface area contributed by atoms with Crippen LogP contribution in [0.3, 0.4) is 0 Å². The predicted molar refractivity (Wildman–Crippen MR) is 139 cm³/mol. The normalized spacial score (nSPS) is 11.8. The molecule has 0 aliphatic carbocycles. The SMILES string of the molecule is CCOc1cc(C)c(-c2nc3ccccc3c(=O)n2N=Cc2cc(C)n(C)c2C)cc1C(C)C. The molecule has 176 valence electrons. The van der Waals surface area contributed by atoms with E-state index in [4.69, 9.17) is 9.72 Å². The number of fused-ring (bicyclic) bond motifs is 1. The Balaban J connectivity index is 1.99. The van der Waals surface area contributed by atoms with Gasteiger partial charge in [0.15, 0.2) is 5.82 Å². The summed E-state index contributed by atoms with van der Waals surface area (Å²) in [5, 5.41) is 5.20. The lowest BCUT2D eigenvalue weighted by atomic mass is 9.96. The third kappa shape index (κ3) is 4.16. The highest BCUT2D eigenvalue weighted by molar-refractivity contribution is 5.83. The molecule has 2 heterocycles.